The summed E-state index contributed by atoms with van der Waals surface area (Å²) in [5, 5.41) is 8.59. The normalized spacial score (nSPS) is 18.1. The third-order valence-corrected chi connectivity index (χ3v) is 4.95. The number of esters is 1. The first-order chi connectivity index (χ1) is 9.03. The zero-order valence-corrected chi connectivity index (χ0v) is 12.7. The zero-order chi connectivity index (χ0) is 14.0. The highest BCUT2D eigenvalue weighted by molar-refractivity contribution is 7.99. The standard InChI is InChI=1S/C13H21N3O2S/c1-9-7-11(16(3)15-9)19-8-13(14-2,10-5-6-10)12(17)18-4/h7,10,14H,5-6,8H2,1-4H3. The molecule has 1 atom stereocenters. The molecule has 1 fully saturated rings. The lowest BCUT2D eigenvalue weighted by Gasteiger charge is -2.30. The molecule has 1 heterocycles. The van der Waals surface area contributed by atoms with E-state index in [1.54, 1.807) is 11.8 Å². The van der Waals surface area contributed by atoms with E-state index in [2.05, 4.69) is 10.4 Å². The SMILES string of the molecule is CNC(CSc1cc(C)nn1C)(C(=O)OC)C1CC1. The molecule has 0 saturated heterocycles. The highest BCUT2D eigenvalue weighted by Crippen LogP contribution is 2.42. The number of hydrogen-bond donors (Lipinski definition) is 1. The van der Waals surface area contributed by atoms with E-state index in [1.165, 1.54) is 7.11 Å². The first kappa shape index (κ1) is 14.4. The highest BCUT2D eigenvalue weighted by atomic mass is 32.2. The van der Waals surface area contributed by atoms with Gasteiger partial charge in [-0.3, -0.25) is 9.48 Å². The number of carbonyl (C=O) groups excluding carboxylic acids is 1. The molecule has 0 bridgehead atoms. The molecule has 1 aromatic heterocycles. The first-order valence-corrected chi connectivity index (χ1v) is 7.43. The van der Waals surface area contributed by atoms with Crippen LogP contribution >= 0.6 is 11.8 Å². The molecule has 1 aliphatic carbocycles. The Hall–Kier alpha value is -1.01. The average Bonchev–Trinajstić information content (AvgIpc) is 3.18. The fourth-order valence-corrected chi connectivity index (χ4v) is 3.74. The van der Waals surface area contributed by atoms with Crippen LogP contribution in [0.25, 0.3) is 0 Å². The van der Waals surface area contributed by atoms with Crippen LogP contribution in [0.2, 0.25) is 0 Å². The van der Waals surface area contributed by atoms with Crippen molar-refractivity contribution < 1.29 is 9.53 Å². The number of ether oxygens (including phenoxy) is 1. The highest BCUT2D eigenvalue weighted by Gasteiger charge is 2.51. The number of nitrogens with zero attached hydrogens (tertiary/aromatic N) is 2. The van der Waals surface area contributed by atoms with Crippen LogP contribution in [0.5, 0.6) is 0 Å². The first-order valence-electron chi connectivity index (χ1n) is 6.44. The summed E-state index contributed by atoms with van der Waals surface area (Å²) in [5.74, 6) is 0.885. The Kier molecular flexibility index (Phi) is 4.20. The van der Waals surface area contributed by atoms with Crippen molar-refractivity contribution >= 4 is 17.7 Å². The summed E-state index contributed by atoms with van der Waals surface area (Å²) < 4.78 is 6.85. The Labute approximate surface area is 118 Å². The maximum absolute atomic E-state index is 12.1. The number of aryl methyl sites for hydroxylation is 2. The van der Waals surface area contributed by atoms with Crippen molar-refractivity contribution in [1.82, 2.24) is 15.1 Å². The van der Waals surface area contributed by atoms with Crippen molar-refractivity contribution in [1.29, 1.82) is 0 Å². The van der Waals surface area contributed by atoms with E-state index in [0.29, 0.717) is 11.7 Å². The maximum atomic E-state index is 12.1. The molecule has 0 aromatic carbocycles. The molecule has 0 aliphatic heterocycles. The second-order valence-corrected chi connectivity index (χ2v) is 6.02. The zero-order valence-electron chi connectivity index (χ0n) is 11.9. The number of hydrogen-bond acceptors (Lipinski definition) is 5. The predicted octanol–water partition coefficient (Wildman–Crippen LogP) is 1.36. The van der Waals surface area contributed by atoms with Crippen LogP contribution in [0.15, 0.2) is 11.1 Å². The molecule has 0 radical (unpaired) electrons. The Morgan fingerprint density at radius 1 is 1.68 bits per heavy atom. The molecule has 5 nitrogen and oxygen atoms in total. The Morgan fingerprint density at radius 2 is 2.37 bits per heavy atom. The number of likely N-dealkylation sites (N-methyl/N-ethyl adjacent to an activating group) is 1. The third-order valence-electron chi connectivity index (χ3n) is 3.68. The second-order valence-electron chi connectivity index (χ2n) is 5.02. The van der Waals surface area contributed by atoms with E-state index < -0.39 is 5.54 Å². The molecule has 6 heteroatoms. The smallest absolute Gasteiger partial charge is 0.327 e. The summed E-state index contributed by atoms with van der Waals surface area (Å²) in [6, 6.07) is 2.04. The van der Waals surface area contributed by atoms with Gasteiger partial charge in [-0.25, -0.2) is 0 Å². The molecule has 106 valence electrons. The summed E-state index contributed by atoms with van der Waals surface area (Å²) in [4.78, 5) is 12.1. The summed E-state index contributed by atoms with van der Waals surface area (Å²) in [6.07, 6.45) is 2.17. The van der Waals surface area contributed by atoms with Gasteiger partial charge in [0.05, 0.1) is 17.8 Å². The van der Waals surface area contributed by atoms with Gasteiger partial charge in [-0.05, 0) is 38.8 Å². The molecule has 0 amide bonds. The molecular weight excluding hydrogens is 262 g/mol. The van der Waals surface area contributed by atoms with Crippen molar-refractivity contribution in [3.8, 4) is 0 Å². The van der Waals surface area contributed by atoms with Crippen LogP contribution in [-0.4, -0.2) is 41.2 Å². The Balaban J connectivity index is 2.12. The molecule has 1 N–H and O–H groups in total. The Morgan fingerprint density at radius 3 is 2.79 bits per heavy atom. The van der Waals surface area contributed by atoms with Crippen molar-refractivity contribution in [2.75, 3.05) is 19.9 Å². The van der Waals surface area contributed by atoms with Crippen molar-refractivity contribution in [2.24, 2.45) is 13.0 Å². The minimum Gasteiger partial charge on any atom is -0.468 e. The summed E-state index contributed by atoms with van der Waals surface area (Å²) in [5.41, 5.74) is 0.418. The predicted molar refractivity (Wildman–Crippen MR) is 75.2 cm³/mol. The molecule has 1 aromatic rings. The van der Waals surface area contributed by atoms with Crippen LogP contribution in [0.3, 0.4) is 0 Å². The van der Waals surface area contributed by atoms with E-state index in [0.717, 1.165) is 23.6 Å². The quantitative estimate of drug-likeness (QED) is 0.631. The van der Waals surface area contributed by atoms with E-state index in [1.807, 2.05) is 31.8 Å². The van der Waals surface area contributed by atoms with Gasteiger partial charge in [-0.1, -0.05) is 0 Å². The van der Waals surface area contributed by atoms with Crippen LogP contribution in [-0.2, 0) is 16.6 Å². The molecule has 1 saturated carbocycles. The number of nitrogens with one attached hydrogen (secondary N) is 1. The average molecular weight is 283 g/mol. The molecule has 1 aliphatic rings. The monoisotopic (exact) mass is 283 g/mol. The van der Waals surface area contributed by atoms with Crippen LogP contribution in [0, 0.1) is 12.8 Å². The molecule has 1 unspecified atom stereocenters. The lowest BCUT2D eigenvalue weighted by molar-refractivity contribution is -0.148. The van der Waals surface area contributed by atoms with Crippen LogP contribution in [0.1, 0.15) is 18.5 Å². The fraction of sp³-hybridized carbons (Fsp3) is 0.692. The largest absolute Gasteiger partial charge is 0.468 e. The fourth-order valence-electron chi connectivity index (χ4n) is 2.39. The molecular formula is C13H21N3O2S. The maximum Gasteiger partial charge on any atom is 0.327 e. The number of aromatic nitrogens is 2. The van der Waals surface area contributed by atoms with E-state index in [9.17, 15) is 4.79 Å². The lowest BCUT2D eigenvalue weighted by atomic mass is 9.96. The van der Waals surface area contributed by atoms with Gasteiger partial charge < -0.3 is 10.1 Å². The van der Waals surface area contributed by atoms with Gasteiger partial charge >= 0.3 is 5.97 Å². The lowest BCUT2D eigenvalue weighted by Crippen LogP contribution is -2.55. The van der Waals surface area contributed by atoms with Gasteiger partial charge in [-0.2, -0.15) is 5.10 Å². The van der Waals surface area contributed by atoms with Gasteiger partial charge in [0.2, 0.25) is 0 Å². The molecule has 2 rings (SSSR count). The van der Waals surface area contributed by atoms with Crippen molar-refractivity contribution in [2.45, 2.75) is 30.3 Å². The van der Waals surface area contributed by atoms with Crippen LogP contribution < -0.4 is 5.32 Å². The molecule has 19 heavy (non-hydrogen) atoms. The summed E-state index contributed by atoms with van der Waals surface area (Å²) >= 11 is 1.65. The number of methoxy groups -OCH3 is 1. The Bertz CT molecular complexity index is 470. The van der Waals surface area contributed by atoms with E-state index in [4.69, 9.17) is 4.74 Å². The van der Waals surface area contributed by atoms with Crippen LogP contribution in [0.4, 0.5) is 0 Å². The van der Waals surface area contributed by atoms with Crippen molar-refractivity contribution in [3.05, 3.63) is 11.8 Å². The van der Waals surface area contributed by atoms with Crippen molar-refractivity contribution in [3.63, 3.8) is 0 Å². The second kappa shape index (κ2) is 5.54. The van der Waals surface area contributed by atoms with E-state index >= 15 is 0 Å². The van der Waals surface area contributed by atoms with Gasteiger partial charge in [0.15, 0.2) is 0 Å². The summed E-state index contributed by atoms with van der Waals surface area (Å²) in [7, 11) is 5.21. The van der Waals surface area contributed by atoms with Gasteiger partial charge in [-0.15, -0.1) is 11.8 Å². The van der Waals surface area contributed by atoms with Gasteiger partial charge in [0.25, 0.3) is 0 Å². The topological polar surface area (TPSA) is 56.2 Å². The minimum atomic E-state index is -0.572. The third kappa shape index (κ3) is 2.79. The van der Waals surface area contributed by atoms with E-state index in [-0.39, 0.29) is 5.97 Å². The molecule has 0 spiro atoms. The number of thioether (sulfide) groups is 1. The van der Waals surface area contributed by atoms with Gasteiger partial charge in [0, 0.05) is 12.8 Å². The number of rotatable bonds is 6. The van der Waals surface area contributed by atoms with Gasteiger partial charge in [0.1, 0.15) is 5.54 Å². The number of carbonyl (C=O) groups is 1. The minimum absolute atomic E-state index is 0.163. The summed E-state index contributed by atoms with van der Waals surface area (Å²) in [6.45, 7) is 1.97.